The van der Waals surface area contributed by atoms with Gasteiger partial charge in [-0.1, -0.05) is 31.5 Å². The Morgan fingerprint density at radius 2 is 2.29 bits per heavy atom. The third-order valence-corrected chi connectivity index (χ3v) is 5.23. The highest BCUT2D eigenvalue weighted by molar-refractivity contribution is 6.08. The lowest BCUT2D eigenvalue weighted by molar-refractivity contribution is -0.121. The van der Waals surface area contributed by atoms with Crippen LogP contribution in [0.15, 0.2) is 41.3 Å². The molecule has 1 aromatic carbocycles. The molecule has 1 spiro atoms. The molecule has 0 unspecified atom stereocenters. The van der Waals surface area contributed by atoms with Crippen LogP contribution in [0, 0.1) is 0 Å². The molecule has 6 heteroatoms. The van der Waals surface area contributed by atoms with Crippen LogP contribution >= 0.6 is 0 Å². The number of rotatable bonds is 3. The molecule has 24 heavy (non-hydrogen) atoms. The Labute approximate surface area is 139 Å². The number of benzene rings is 1. The highest BCUT2D eigenvalue weighted by Crippen LogP contribution is 2.49. The largest absolute Gasteiger partial charge is 0.451 e. The van der Waals surface area contributed by atoms with Crippen molar-refractivity contribution in [1.82, 2.24) is 9.88 Å². The quantitative estimate of drug-likeness (QED) is 0.941. The van der Waals surface area contributed by atoms with Crippen molar-refractivity contribution in [3.63, 3.8) is 0 Å². The topological polar surface area (TPSA) is 75.4 Å². The number of nitrogens with one attached hydrogen (secondary N) is 1. The number of fused-ring (bicyclic) bond motifs is 2. The number of carbonyl (C=O) groups excluding carboxylic acids is 2. The van der Waals surface area contributed by atoms with E-state index in [-0.39, 0.29) is 17.9 Å². The Hall–Kier alpha value is -2.63. The van der Waals surface area contributed by atoms with E-state index in [0.29, 0.717) is 18.7 Å². The van der Waals surface area contributed by atoms with E-state index < -0.39 is 5.41 Å². The summed E-state index contributed by atoms with van der Waals surface area (Å²) >= 11 is 0. The molecule has 1 fully saturated rings. The zero-order chi connectivity index (χ0) is 16.7. The van der Waals surface area contributed by atoms with E-state index in [9.17, 15) is 9.59 Å². The van der Waals surface area contributed by atoms with Gasteiger partial charge < -0.3 is 14.6 Å². The molecule has 6 nitrogen and oxygen atoms in total. The van der Waals surface area contributed by atoms with E-state index in [2.05, 4.69) is 17.2 Å². The molecule has 4 rings (SSSR count). The van der Waals surface area contributed by atoms with E-state index in [1.165, 1.54) is 12.7 Å². The Kier molecular flexibility index (Phi) is 3.40. The van der Waals surface area contributed by atoms with Crippen LogP contribution in [0.3, 0.4) is 0 Å². The van der Waals surface area contributed by atoms with E-state index in [4.69, 9.17) is 4.42 Å². The van der Waals surface area contributed by atoms with Gasteiger partial charge >= 0.3 is 0 Å². The molecule has 1 aromatic heterocycles. The number of aromatic nitrogens is 1. The maximum atomic E-state index is 12.9. The smallest absolute Gasteiger partial charge is 0.276 e. The van der Waals surface area contributed by atoms with Crippen molar-refractivity contribution in [3.05, 3.63) is 48.2 Å². The first kappa shape index (κ1) is 14.9. The van der Waals surface area contributed by atoms with Crippen LogP contribution in [-0.4, -0.2) is 34.3 Å². The average molecular weight is 325 g/mol. The van der Waals surface area contributed by atoms with Gasteiger partial charge in [0.05, 0.1) is 11.5 Å². The molecule has 2 amide bonds. The summed E-state index contributed by atoms with van der Waals surface area (Å²) in [6.07, 6.45) is 4.91. The number of hydrogen-bond donors (Lipinski definition) is 1. The first-order chi connectivity index (χ1) is 11.7. The predicted octanol–water partition coefficient (Wildman–Crippen LogP) is 2.58. The van der Waals surface area contributed by atoms with Gasteiger partial charge in [-0.05, 0) is 24.5 Å². The summed E-state index contributed by atoms with van der Waals surface area (Å²) in [5.74, 6) is -0.172. The second kappa shape index (κ2) is 5.47. The van der Waals surface area contributed by atoms with Crippen molar-refractivity contribution in [2.24, 2.45) is 0 Å². The van der Waals surface area contributed by atoms with Crippen LogP contribution in [0.4, 0.5) is 5.69 Å². The molecule has 2 aliphatic heterocycles. The molecule has 124 valence electrons. The second-order valence-corrected chi connectivity index (χ2v) is 6.40. The Morgan fingerprint density at radius 1 is 1.46 bits per heavy atom. The lowest BCUT2D eigenvalue weighted by Gasteiger charge is -2.33. The summed E-state index contributed by atoms with van der Waals surface area (Å²) < 4.78 is 4.95. The fourth-order valence-corrected chi connectivity index (χ4v) is 4.19. The van der Waals surface area contributed by atoms with Gasteiger partial charge in [0.15, 0.2) is 12.1 Å². The van der Waals surface area contributed by atoms with E-state index >= 15 is 0 Å². The second-order valence-electron chi connectivity index (χ2n) is 6.40. The molecule has 0 aliphatic carbocycles. The third-order valence-electron chi connectivity index (χ3n) is 5.23. The molecular formula is C18H19N3O3. The van der Waals surface area contributed by atoms with Crippen LogP contribution in [0.1, 0.15) is 42.2 Å². The van der Waals surface area contributed by atoms with Gasteiger partial charge in [-0.2, -0.15) is 0 Å². The molecule has 3 heterocycles. The molecular weight excluding hydrogens is 306 g/mol. The SMILES string of the molecule is CCC[C@@H]1N(C(=O)c2cocn2)CC[C@]12C(=O)Nc1ccccc12. The van der Waals surface area contributed by atoms with Gasteiger partial charge in [-0.25, -0.2) is 4.98 Å². The molecule has 1 N–H and O–H groups in total. The predicted molar refractivity (Wildman–Crippen MR) is 87.6 cm³/mol. The van der Waals surface area contributed by atoms with Gasteiger partial charge in [-0.3, -0.25) is 9.59 Å². The first-order valence-electron chi connectivity index (χ1n) is 8.28. The molecule has 2 aliphatic rings. The number of para-hydroxylation sites is 1. The Balaban J connectivity index is 1.77. The Morgan fingerprint density at radius 3 is 3.04 bits per heavy atom. The van der Waals surface area contributed by atoms with E-state index in [1.807, 2.05) is 24.3 Å². The summed E-state index contributed by atoms with van der Waals surface area (Å²) in [6.45, 7) is 2.61. The number of hydrogen-bond acceptors (Lipinski definition) is 4. The molecule has 0 saturated carbocycles. The van der Waals surface area contributed by atoms with Gasteiger partial charge in [0.1, 0.15) is 6.26 Å². The minimum atomic E-state index is -0.661. The van der Waals surface area contributed by atoms with Crippen LogP contribution in [0.5, 0.6) is 0 Å². The number of anilines is 1. The summed E-state index contributed by atoms with van der Waals surface area (Å²) in [6, 6.07) is 7.62. The zero-order valence-electron chi connectivity index (χ0n) is 13.5. The minimum Gasteiger partial charge on any atom is -0.451 e. The lowest BCUT2D eigenvalue weighted by atomic mass is 9.73. The summed E-state index contributed by atoms with van der Waals surface area (Å²) in [5.41, 5.74) is 1.49. The highest BCUT2D eigenvalue weighted by atomic mass is 16.3. The summed E-state index contributed by atoms with van der Waals surface area (Å²) in [7, 11) is 0. The van der Waals surface area contributed by atoms with Crippen molar-refractivity contribution in [2.45, 2.75) is 37.6 Å². The zero-order valence-corrected chi connectivity index (χ0v) is 13.5. The van der Waals surface area contributed by atoms with Crippen LogP contribution < -0.4 is 5.32 Å². The Bertz CT molecular complexity index is 787. The van der Waals surface area contributed by atoms with E-state index in [0.717, 1.165) is 24.1 Å². The standard InChI is InChI=1S/C18H19N3O3/c1-2-5-15-18(12-6-3-4-7-13(12)20-17(18)23)8-9-21(15)16(22)14-10-24-11-19-14/h3-4,6-7,10-11,15H,2,5,8-9H2,1H3,(H,20,23)/t15-,18+/m0/s1. The molecule has 2 aromatic rings. The number of amides is 2. The molecule has 0 bridgehead atoms. The van der Waals surface area contributed by atoms with Crippen LogP contribution in [0.25, 0.3) is 0 Å². The average Bonchev–Trinajstić information content (AvgIpc) is 3.29. The summed E-state index contributed by atoms with van der Waals surface area (Å²) in [5, 5.41) is 3.00. The van der Waals surface area contributed by atoms with Gasteiger partial charge in [0, 0.05) is 12.2 Å². The van der Waals surface area contributed by atoms with Crippen molar-refractivity contribution in [1.29, 1.82) is 0 Å². The van der Waals surface area contributed by atoms with Crippen molar-refractivity contribution < 1.29 is 14.0 Å². The van der Waals surface area contributed by atoms with Crippen LogP contribution in [-0.2, 0) is 10.2 Å². The van der Waals surface area contributed by atoms with Crippen molar-refractivity contribution in [2.75, 3.05) is 11.9 Å². The maximum absolute atomic E-state index is 12.9. The van der Waals surface area contributed by atoms with Gasteiger partial charge in [-0.15, -0.1) is 0 Å². The fourth-order valence-electron chi connectivity index (χ4n) is 4.19. The minimum absolute atomic E-state index is 0.00222. The third kappa shape index (κ3) is 1.92. The number of oxazole rings is 1. The molecule has 0 radical (unpaired) electrons. The number of carbonyl (C=O) groups is 2. The first-order valence-corrected chi connectivity index (χ1v) is 8.28. The van der Waals surface area contributed by atoms with Crippen molar-refractivity contribution >= 4 is 17.5 Å². The molecule has 1 saturated heterocycles. The lowest BCUT2D eigenvalue weighted by Crippen LogP contribution is -2.48. The monoisotopic (exact) mass is 325 g/mol. The highest BCUT2D eigenvalue weighted by Gasteiger charge is 2.58. The van der Waals surface area contributed by atoms with Gasteiger partial charge in [0.2, 0.25) is 5.91 Å². The van der Waals surface area contributed by atoms with Gasteiger partial charge in [0.25, 0.3) is 5.91 Å². The maximum Gasteiger partial charge on any atom is 0.276 e. The number of likely N-dealkylation sites (tertiary alicyclic amines) is 1. The fraction of sp³-hybridized carbons (Fsp3) is 0.389. The van der Waals surface area contributed by atoms with Crippen molar-refractivity contribution in [3.8, 4) is 0 Å². The number of nitrogens with zero attached hydrogens (tertiary/aromatic N) is 2. The normalized spacial score (nSPS) is 25.1. The molecule has 2 atom stereocenters. The van der Waals surface area contributed by atoms with E-state index in [1.54, 1.807) is 4.90 Å². The summed E-state index contributed by atoms with van der Waals surface area (Å²) in [4.78, 5) is 31.5. The van der Waals surface area contributed by atoms with Crippen LogP contribution in [0.2, 0.25) is 0 Å².